The Hall–Kier alpha value is -0.750. The molecule has 5 nitrogen and oxygen atoms in total. The number of carbonyl (C=O) groups is 1. The predicted octanol–water partition coefficient (Wildman–Crippen LogP) is -1.04. The highest BCUT2D eigenvalue weighted by Gasteiger charge is 2.36. The zero-order valence-electron chi connectivity index (χ0n) is 7.67. The summed E-state index contributed by atoms with van der Waals surface area (Å²) in [6.07, 6.45) is -2.75. The van der Waals surface area contributed by atoms with Crippen LogP contribution in [0.2, 0.25) is 0 Å². The molecule has 80 valence electrons. The van der Waals surface area contributed by atoms with Crippen molar-refractivity contribution in [1.29, 1.82) is 0 Å². The van der Waals surface area contributed by atoms with Gasteiger partial charge in [0.25, 0.3) is 0 Å². The number of hydrogen-bond donors (Lipinski definition) is 3. The van der Waals surface area contributed by atoms with Crippen LogP contribution < -0.4 is 0 Å². The SMILES string of the molecule is C=C1C(CCC(O)O)O[C@@H](C=O)[C@H]1O. The van der Waals surface area contributed by atoms with Gasteiger partial charge in [-0.05, 0) is 12.0 Å². The topological polar surface area (TPSA) is 87.0 Å². The molecule has 0 aromatic heterocycles. The van der Waals surface area contributed by atoms with Gasteiger partial charge in [-0.3, -0.25) is 0 Å². The fraction of sp³-hybridized carbons (Fsp3) is 0.667. The molecule has 3 atom stereocenters. The van der Waals surface area contributed by atoms with E-state index in [9.17, 15) is 9.90 Å². The van der Waals surface area contributed by atoms with Crippen LogP contribution in [0.4, 0.5) is 0 Å². The molecule has 0 amide bonds. The summed E-state index contributed by atoms with van der Waals surface area (Å²) in [4.78, 5) is 10.4. The number of aliphatic hydroxyl groups is 3. The zero-order valence-corrected chi connectivity index (χ0v) is 7.67. The quantitative estimate of drug-likeness (QED) is 0.308. The van der Waals surface area contributed by atoms with Crippen LogP contribution in [0.3, 0.4) is 0 Å². The smallest absolute Gasteiger partial charge is 0.151 e. The Morgan fingerprint density at radius 2 is 2.21 bits per heavy atom. The lowest BCUT2D eigenvalue weighted by atomic mass is 10.0. The van der Waals surface area contributed by atoms with Gasteiger partial charge in [0, 0.05) is 6.42 Å². The molecule has 0 aliphatic carbocycles. The molecule has 0 radical (unpaired) electrons. The minimum absolute atomic E-state index is 0.127. The molecule has 0 aromatic carbocycles. The predicted molar refractivity (Wildman–Crippen MR) is 47.3 cm³/mol. The summed E-state index contributed by atoms with van der Waals surface area (Å²) in [5.74, 6) is 0. The van der Waals surface area contributed by atoms with Crippen LogP contribution in [0, 0.1) is 0 Å². The van der Waals surface area contributed by atoms with Crippen molar-refractivity contribution in [3.05, 3.63) is 12.2 Å². The van der Waals surface area contributed by atoms with Crippen molar-refractivity contribution in [2.24, 2.45) is 0 Å². The highest BCUT2D eigenvalue weighted by molar-refractivity contribution is 5.59. The highest BCUT2D eigenvalue weighted by atomic mass is 16.5. The normalized spacial score (nSPS) is 32.6. The summed E-state index contributed by atoms with van der Waals surface area (Å²) in [6.45, 7) is 3.60. The summed E-state index contributed by atoms with van der Waals surface area (Å²) in [5.41, 5.74) is 0.419. The van der Waals surface area contributed by atoms with E-state index < -0.39 is 24.6 Å². The first kappa shape index (κ1) is 11.3. The Kier molecular flexibility index (Phi) is 3.77. The van der Waals surface area contributed by atoms with Crippen LogP contribution in [0.1, 0.15) is 12.8 Å². The molecule has 1 aliphatic rings. The molecule has 3 N–H and O–H groups in total. The average Bonchev–Trinajstić information content (AvgIpc) is 2.41. The molecule has 5 heteroatoms. The van der Waals surface area contributed by atoms with Crippen molar-refractivity contribution in [3.8, 4) is 0 Å². The molecule has 14 heavy (non-hydrogen) atoms. The Morgan fingerprint density at radius 1 is 1.57 bits per heavy atom. The van der Waals surface area contributed by atoms with Gasteiger partial charge < -0.3 is 24.9 Å². The van der Waals surface area contributed by atoms with Crippen molar-refractivity contribution >= 4 is 6.29 Å². The lowest BCUT2D eigenvalue weighted by Gasteiger charge is -2.11. The van der Waals surface area contributed by atoms with Gasteiger partial charge in [0.15, 0.2) is 12.6 Å². The Balaban J connectivity index is 2.48. The molecule has 1 fully saturated rings. The summed E-state index contributed by atoms with van der Waals surface area (Å²) in [5, 5.41) is 26.7. The van der Waals surface area contributed by atoms with E-state index in [1.165, 1.54) is 0 Å². The van der Waals surface area contributed by atoms with Gasteiger partial charge in [-0.2, -0.15) is 0 Å². The monoisotopic (exact) mass is 202 g/mol. The molecule has 0 bridgehead atoms. The van der Waals surface area contributed by atoms with Gasteiger partial charge >= 0.3 is 0 Å². The van der Waals surface area contributed by atoms with E-state index in [1.54, 1.807) is 0 Å². The molecule has 0 saturated carbocycles. The standard InChI is InChI=1S/C9H14O5/c1-5-6(2-3-8(11)12)14-7(4-10)9(5)13/h4,6-9,11-13H,1-3H2/t6?,7-,9-/m0/s1. The average molecular weight is 202 g/mol. The van der Waals surface area contributed by atoms with E-state index in [2.05, 4.69) is 6.58 Å². The van der Waals surface area contributed by atoms with Gasteiger partial charge in [0.05, 0.1) is 6.10 Å². The van der Waals surface area contributed by atoms with Gasteiger partial charge in [-0.15, -0.1) is 0 Å². The van der Waals surface area contributed by atoms with E-state index in [0.717, 1.165) is 0 Å². The fourth-order valence-electron chi connectivity index (χ4n) is 1.41. The second kappa shape index (κ2) is 4.65. The number of rotatable bonds is 4. The summed E-state index contributed by atoms with van der Waals surface area (Å²) < 4.78 is 5.15. The summed E-state index contributed by atoms with van der Waals surface area (Å²) >= 11 is 0. The van der Waals surface area contributed by atoms with Crippen LogP contribution in [0.15, 0.2) is 12.2 Å². The third-order valence-electron chi connectivity index (χ3n) is 2.25. The van der Waals surface area contributed by atoms with E-state index in [-0.39, 0.29) is 6.42 Å². The number of hydrogen-bond acceptors (Lipinski definition) is 5. The summed E-state index contributed by atoms with van der Waals surface area (Å²) in [6, 6.07) is 0. The molecule has 1 rings (SSSR count). The van der Waals surface area contributed by atoms with Crippen molar-refractivity contribution in [2.45, 2.75) is 37.4 Å². The maximum absolute atomic E-state index is 10.4. The molecule has 1 unspecified atom stereocenters. The number of carbonyl (C=O) groups excluding carboxylic acids is 1. The van der Waals surface area contributed by atoms with Crippen molar-refractivity contribution in [2.75, 3.05) is 0 Å². The Bertz CT molecular complexity index is 225. The van der Waals surface area contributed by atoms with Gasteiger partial charge in [0.1, 0.15) is 12.2 Å². The molecule has 0 spiro atoms. The van der Waals surface area contributed by atoms with E-state index >= 15 is 0 Å². The third kappa shape index (κ3) is 2.39. The summed E-state index contributed by atoms with van der Waals surface area (Å²) in [7, 11) is 0. The molecule has 1 aliphatic heterocycles. The minimum atomic E-state index is -1.40. The second-order valence-corrected chi connectivity index (χ2v) is 3.30. The molecule has 0 aromatic rings. The number of aliphatic hydroxyl groups excluding tert-OH is 2. The Labute approximate surface area is 81.6 Å². The number of ether oxygens (including phenoxy) is 1. The number of aldehydes is 1. The van der Waals surface area contributed by atoms with E-state index in [0.29, 0.717) is 18.3 Å². The molecular formula is C9H14O5. The molecule has 1 heterocycles. The maximum atomic E-state index is 10.4. The van der Waals surface area contributed by atoms with Crippen LogP contribution in [-0.2, 0) is 9.53 Å². The van der Waals surface area contributed by atoms with Crippen molar-refractivity contribution in [3.63, 3.8) is 0 Å². The van der Waals surface area contributed by atoms with Gasteiger partial charge in [-0.25, -0.2) is 0 Å². The molecular weight excluding hydrogens is 188 g/mol. The first-order valence-electron chi connectivity index (χ1n) is 4.40. The first-order valence-corrected chi connectivity index (χ1v) is 4.40. The lowest BCUT2D eigenvalue weighted by molar-refractivity contribution is -0.121. The van der Waals surface area contributed by atoms with E-state index in [4.69, 9.17) is 14.9 Å². The third-order valence-corrected chi connectivity index (χ3v) is 2.25. The second-order valence-electron chi connectivity index (χ2n) is 3.30. The van der Waals surface area contributed by atoms with Gasteiger partial charge in [0.2, 0.25) is 0 Å². The minimum Gasteiger partial charge on any atom is -0.385 e. The maximum Gasteiger partial charge on any atom is 0.151 e. The largest absolute Gasteiger partial charge is 0.385 e. The zero-order chi connectivity index (χ0) is 10.7. The van der Waals surface area contributed by atoms with Crippen LogP contribution in [0.25, 0.3) is 0 Å². The fourth-order valence-corrected chi connectivity index (χ4v) is 1.41. The van der Waals surface area contributed by atoms with Gasteiger partial charge in [-0.1, -0.05) is 6.58 Å². The van der Waals surface area contributed by atoms with Crippen molar-refractivity contribution in [1.82, 2.24) is 0 Å². The molecule has 1 saturated heterocycles. The van der Waals surface area contributed by atoms with Crippen LogP contribution >= 0.6 is 0 Å². The Morgan fingerprint density at radius 3 is 2.64 bits per heavy atom. The first-order chi connectivity index (χ1) is 6.56. The highest BCUT2D eigenvalue weighted by Crippen LogP contribution is 2.27. The van der Waals surface area contributed by atoms with E-state index in [1.807, 2.05) is 0 Å². The lowest BCUT2D eigenvalue weighted by Crippen LogP contribution is -2.22. The van der Waals surface area contributed by atoms with Crippen LogP contribution in [0.5, 0.6) is 0 Å². The van der Waals surface area contributed by atoms with Crippen molar-refractivity contribution < 1.29 is 24.9 Å². The van der Waals surface area contributed by atoms with Crippen LogP contribution in [-0.4, -0.2) is 46.2 Å².